The normalized spacial score (nSPS) is 18.8. The monoisotopic (exact) mass is 531 g/mol. The van der Waals surface area contributed by atoms with Crippen LogP contribution in [0.15, 0.2) is 30.5 Å². The molecule has 0 radical (unpaired) electrons. The number of rotatable bonds is 3. The highest BCUT2D eigenvalue weighted by atomic mass is 35.5. The van der Waals surface area contributed by atoms with Crippen LogP contribution >= 0.6 is 11.6 Å². The van der Waals surface area contributed by atoms with Gasteiger partial charge in [-0.05, 0) is 63.8 Å². The second-order valence-electron chi connectivity index (χ2n) is 9.58. The summed E-state index contributed by atoms with van der Waals surface area (Å²) in [5.74, 6) is 0.0625. The molecule has 1 aromatic carbocycles. The maximum Gasteiger partial charge on any atom is 0.258 e. The Morgan fingerprint density at radius 1 is 1.08 bits per heavy atom. The average Bonchev–Trinajstić information content (AvgIpc) is 3.30. The molecule has 1 atom stereocenters. The van der Waals surface area contributed by atoms with Gasteiger partial charge in [0.1, 0.15) is 11.8 Å². The number of nitrogens with zero attached hydrogens (tertiary/aromatic N) is 5. The lowest BCUT2D eigenvalue weighted by Crippen LogP contribution is -2.47. The minimum Gasteiger partial charge on any atom is -0.493 e. The van der Waals surface area contributed by atoms with Gasteiger partial charge in [0.15, 0.2) is 0 Å². The molecule has 0 aliphatic carbocycles. The third-order valence-electron chi connectivity index (χ3n) is 6.88. The number of fused-ring (bicyclic) bond motifs is 1. The standard InChI is InChI=1S/C27H38ClN5O4/c1-20-11-13-29-33(20)17-12-25(34)32-15-6-5-14-30(3)26(35)21(2)31(4)27(36)23-19-22(28)9-10-24(23)37-18-8-7-16-32/h9-11,13,19,21H,5-8,12,14-18H2,1-4H3/t21-/m0/s1. The lowest BCUT2D eigenvalue weighted by atomic mass is 10.1. The highest BCUT2D eigenvalue weighted by molar-refractivity contribution is 6.31. The van der Waals surface area contributed by atoms with Gasteiger partial charge in [0.2, 0.25) is 11.8 Å². The number of carbonyl (C=O) groups excluding carboxylic acids is 3. The zero-order valence-electron chi connectivity index (χ0n) is 22.3. The Labute approximate surface area is 224 Å². The highest BCUT2D eigenvalue weighted by Crippen LogP contribution is 2.25. The molecule has 3 amide bonds. The zero-order chi connectivity index (χ0) is 26.9. The van der Waals surface area contributed by atoms with Crippen molar-refractivity contribution in [1.29, 1.82) is 0 Å². The molecule has 10 heteroatoms. The van der Waals surface area contributed by atoms with Gasteiger partial charge in [-0.3, -0.25) is 19.1 Å². The molecule has 1 aromatic heterocycles. The van der Waals surface area contributed by atoms with E-state index in [0.717, 1.165) is 31.4 Å². The number of aryl methyl sites for hydroxylation is 2. The van der Waals surface area contributed by atoms with E-state index in [1.165, 1.54) is 4.90 Å². The summed E-state index contributed by atoms with van der Waals surface area (Å²) in [7, 11) is 3.36. The Bertz CT molecular complexity index is 1090. The van der Waals surface area contributed by atoms with E-state index < -0.39 is 6.04 Å². The topological polar surface area (TPSA) is 88.0 Å². The number of hydrogen-bond acceptors (Lipinski definition) is 5. The van der Waals surface area contributed by atoms with Crippen molar-refractivity contribution in [3.63, 3.8) is 0 Å². The van der Waals surface area contributed by atoms with Gasteiger partial charge in [0.05, 0.1) is 12.2 Å². The summed E-state index contributed by atoms with van der Waals surface area (Å²) in [4.78, 5) is 44.3. The third kappa shape index (κ3) is 7.71. The van der Waals surface area contributed by atoms with Crippen molar-refractivity contribution in [3.05, 3.63) is 46.7 Å². The minimum absolute atomic E-state index is 0.0963. The van der Waals surface area contributed by atoms with Crippen LogP contribution in [-0.2, 0) is 16.1 Å². The molecule has 9 nitrogen and oxygen atoms in total. The predicted octanol–water partition coefficient (Wildman–Crippen LogP) is 3.64. The molecule has 37 heavy (non-hydrogen) atoms. The van der Waals surface area contributed by atoms with Crippen molar-refractivity contribution < 1.29 is 19.1 Å². The number of hydrogen-bond donors (Lipinski definition) is 0. The summed E-state index contributed by atoms with van der Waals surface area (Å²) in [5, 5.41) is 4.69. The first-order valence-corrected chi connectivity index (χ1v) is 13.3. The van der Waals surface area contributed by atoms with Gasteiger partial charge in [-0.25, -0.2) is 0 Å². The summed E-state index contributed by atoms with van der Waals surface area (Å²) < 4.78 is 7.80. The maximum absolute atomic E-state index is 13.3. The number of halogens is 1. The maximum atomic E-state index is 13.3. The Kier molecular flexibility index (Phi) is 10.4. The van der Waals surface area contributed by atoms with E-state index in [1.807, 2.05) is 22.6 Å². The molecular weight excluding hydrogens is 494 g/mol. The molecule has 0 saturated carbocycles. The molecular formula is C27H38ClN5O4. The van der Waals surface area contributed by atoms with Crippen molar-refractivity contribution in [2.75, 3.05) is 40.3 Å². The summed E-state index contributed by atoms with van der Waals surface area (Å²) in [5.41, 5.74) is 1.36. The molecule has 0 spiro atoms. The van der Waals surface area contributed by atoms with Crippen molar-refractivity contribution in [3.8, 4) is 5.75 Å². The third-order valence-corrected chi connectivity index (χ3v) is 7.11. The number of carbonyl (C=O) groups is 3. The Balaban J connectivity index is 1.72. The molecule has 3 rings (SSSR count). The first-order valence-electron chi connectivity index (χ1n) is 12.9. The van der Waals surface area contributed by atoms with Crippen LogP contribution in [-0.4, -0.2) is 88.6 Å². The van der Waals surface area contributed by atoms with E-state index in [2.05, 4.69) is 5.10 Å². The van der Waals surface area contributed by atoms with Gasteiger partial charge in [0.25, 0.3) is 5.91 Å². The van der Waals surface area contributed by atoms with E-state index in [1.54, 1.807) is 50.3 Å². The van der Waals surface area contributed by atoms with Crippen LogP contribution in [0.4, 0.5) is 0 Å². The van der Waals surface area contributed by atoms with Crippen LogP contribution in [0.5, 0.6) is 5.75 Å². The second-order valence-corrected chi connectivity index (χ2v) is 10.0. The molecule has 1 aliphatic rings. The number of ether oxygens (including phenoxy) is 1. The van der Waals surface area contributed by atoms with Crippen molar-refractivity contribution in [2.24, 2.45) is 0 Å². The first kappa shape index (κ1) is 28.5. The summed E-state index contributed by atoms with van der Waals surface area (Å²) >= 11 is 6.18. The van der Waals surface area contributed by atoms with Gasteiger partial charge >= 0.3 is 0 Å². The number of aromatic nitrogens is 2. The largest absolute Gasteiger partial charge is 0.493 e. The lowest BCUT2D eigenvalue weighted by Gasteiger charge is -2.29. The fraction of sp³-hybridized carbons (Fsp3) is 0.556. The van der Waals surface area contributed by atoms with Gasteiger partial charge in [-0.15, -0.1) is 0 Å². The van der Waals surface area contributed by atoms with Crippen molar-refractivity contribution in [2.45, 2.75) is 58.5 Å². The molecule has 202 valence electrons. The van der Waals surface area contributed by atoms with Crippen LogP contribution in [0, 0.1) is 6.92 Å². The van der Waals surface area contributed by atoms with Gasteiger partial charge < -0.3 is 19.4 Å². The molecule has 0 N–H and O–H groups in total. The first-order chi connectivity index (χ1) is 17.7. The van der Waals surface area contributed by atoms with Crippen LogP contribution in [0.2, 0.25) is 5.02 Å². The van der Waals surface area contributed by atoms with Crippen LogP contribution in [0.3, 0.4) is 0 Å². The van der Waals surface area contributed by atoms with Gasteiger partial charge in [-0.2, -0.15) is 5.10 Å². The summed E-state index contributed by atoms with van der Waals surface area (Å²) in [6.07, 6.45) is 5.18. The fourth-order valence-corrected chi connectivity index (χ4v) is 4.52. The number of amides is 3. The number of likely N-dealkylation sites (N-methyl/N-ethyl adjacent to an activating group) is 2. The molecule has 0 saturated heterocycles. The molecule has 2 aromatic rings. The van der Waals surface area contributed by atoms with E-state index in [0.29, 0.717) is 55.5 Å². The minimum atomic E-state index is -0.649. The average molecular weight is 532 g/mol. The van der Waals surface area contributed by atoms with Crippen LogP contribution in [0.25, 0.3) is 0 Å². The van der Waals surface area contributed by atoms with Crippen LogP contribution < -0.4 is 4.74 Å². The second kappa shape index (κ2) is 13.5. The highest BCUT2D eigenvalue weighted by Gasteiger charge is 2.28. The van der Waals surface area contributed by atoms with E-state index in [9.17, 15) is 14.4 Å². The SMILES string of the molecule is Cc1ccnn1CCC(=O)N1CCCCOc2ccc(Cl)cc2C(=O)N(C)[C@@H](C)C(=O)N(C)CCCC1. The van der Waals surface area contributed by atoms with Gasteiger partial charge in [0, 0.05) is 63.6 Å². The molecule has 0 unspecified atom stereocenters. The quantitative estimate of drug-likeness (QED) is 0.603. The van der Waals surface area contributed by atoms with Crippen molar-refractivity contribution >= 4 is 29.3 Å². The molecule has 1 aliphatic heterocycles. The van der Waals surface area contributed by atoms with E-state index in [-0.39, 0.29) is 17.7 Å². The number of benzene rings is 1. The zero-order valence-corrected chi connectivity index (χ0v) is 23.0. The summed E-state index contributed by atoms with van der Waals surface area (Å²) in [6, 6.07) is 6.22. The van der Waals surface area contributed by atoms with Crippen LogP contribution in [0.1, 0.15) is 55.1 Å². The van der Waals surface area contributed by atoms with E-state index >= 15 is 0 Å². The Morgan fingerprint density at radius 3 is 2.49 bits per heavy atom. The molecule has 2 heterocycles. The Hall–Kier alpha value is -3.07. The van der Waals surface area contributed by atoms with E-state index in [4.69, 9.17) is 16.3 Å². The molecule has 0 bridgehead atoms. The van der Waals surface area contributed by atoms with Gasteiger partial charge in [-0.1, -0.05) is 11.6 Å². The fourth-order valence-electron chi connectivity index (χ4n) is 4.35. The van der Waals surface area contributed by atoms with Crippen molar-refractivity contribution in [1.82, 2.24) is 24.5 Å². The lowest BCUT2D eigenvalue weighted by molar-refractivity contribution is -0.134. The smallest absolute Gasteiger partial charge is 0.258 e. The molecule has 0 fully saturated rings. The summed E-state index contributed by atoms with van der Waals surface area (Å²) in [6.45, 7) is 6.45. The predicted molar refractivity (Wildman–Crippen MR) is 143 cm³/mol. The Morgan fingerprint density at radius 2 is 1.78 bits per heavy atom.